The lowest BCUT2D eigenvalue weighted by Gasteiger charge is -2.06. The molecule has 4 rings (SSSR count). The van der Waals surface area contributed by atoms with Gasteiger partial charge in [-0.2, -0.15) is 5.10 Å². The number of benzene rings is 2. The number of aromatic nitrogens is 2. The van der Waals surface area contributed by atoms with Crippen molar-refractivity contribution in [2.75, 3.05) is 5.32 Å². The van der Waals surface area contributed by atoms with E-state index >= 15 is 0 Å². The van der Waals surface area contributed by atoms with Gasteiger partial charge in [0.15, 0.2) is 11.6 Å². The highest BCUT2D eigenvalue weighted by atomic mass is 79.9. The fourth-order valence-corrected chi connectivity index (χ4v) is 3.57. The van der Waals surface area contributed by atoms with Crippen molar-refractivity contribution in [2.45, 2.75) is 20.1 Å². The van der Waals surface area contributed by atoms with Gasteiger partial charge in [0.1, 0.15) is 23.9 Å². The normalized spacial score (nSPS) is 10.9. The van der Waals surface area contributed by atoms with Crippen LogP contribution in [-0.2, 0) is 13.2 Å². The summed E-state index contributed by atoms with van der Waals surface area (Å²) in [4.78, 5) is 12.6. The van der Waals surface area contributed by atoms with E-state index in [2.05, 4.69) is 26.3 Å². The standard InChI is InChI=1S/C23H18BrClFN3O3/c1-14-2-4-15(5-3-14)11-29-12-18(24)22(28-29)27-23(30)21-9-7-17(32-21)13-31-20-8-6-16(26)10-19(20)25/h2-10,12H,11,13H2,1H3,(H,27,28,30). The Morgan fingerprint density at radius 3 is 2.75 bits per heavy atom. The number of anilines is 1. The van der Waals surface area contributed by atoms with Crippen LogP contribution in [0, 0.1) is 12.7 Å². The van der Waals surface area contributed by atoms with E-state index in [0.717, 1.165) is 11.6 Å². The van der Waals surface area contributed by atoms with Crippen molar-refractivity contribution in [1.29, 1.82) is 0 Å². The molecule has 0 fully saturated rings. The van der Waals surface area contributed by atoms with Crippen LogP contribution in [0.1, 0.15) is 27.4 Å². The quantitative estimate of drug-likeness (QED) is 0.315. The van der Waals surface area contributed by atoms with Gasteiger partial charge in [-0.25, -0.2) is 4.39 Å². The molecule has 0 saturated heterocycles. The van der Waals surface area contributed by atoms with Gasteiger partial charge in [0, 0.05) is 6.20 Å². The minimum absolute atomic E-state index is 0.0352. The maximum absolute atomic E-state index is 13.1. The monoisotopic (exact) mass is 517 g/mol. The molecule has 32 heavy (non-hydrogen) atoms. The summed E-state index contributed by atoms with van der Waals surface area (Å²) in [5.74, 6) is 0.324. The van der Waals surface area contributed by atoms with Gasteiger partial charge < -0.3 is 14.5 Å². The molecule has 0 unspecified atom stereocenters. The number of carbonyl (C=O) groups is 1. The molecule has 0 aliphatic rings. The van der Waals surface area contributed by atoms with Crippen molar-refractivity contribution >= 4 is 39.3 Å². The van der Waals surface area contributed by atoms with E-state index in [1.54, 1.807) is 16.9 Å². The summed E-state index contributed by atoms with van der Waals surface area (Å²) in [7, 11) is 0. The molecule has 0 atom stereocenters. The predicted octanol–water partition coefficient (Wildman–Crippen LogP) is 6.22. The minimum Gasteiger partial charge on any atom is -0.484 e. The van der Waals surface area contributed by atoms with Crippen LogP contribution < -0.4 is 10.1 Å². The van der Waals surface area contributed by atoms with Gasteiger partial charge in [-0.15, -0.1) is 0 Å². The zero-order valence-electron chi connectivity index (χ0n) is 16.9. The van der Waals surface area contributed by atoms with Crippen molar-refractivity contribution in [3.8, 4) is 5.75 Å². The molecule has 4 aromatic rings. The lowest BCUT2D eigenvalue weighted by Crippen LogP contribution is -2.12. The smallest absolute Gasteiger partial charge is 0.292 e. The molecule has 0 spiro atoms. The summed E-state index contributed by atoms with van der Waals surface area (Å²) >= 11 is 9.37. The highest BCUT2D eigenvalue weighted by Crippen LogP contribution is 2.26. The molecule has 2 aromatic carbocycles. The SMILES string of the molecule is Cc1ccc(Cn2cc(Br)c(NC(=O)c3ccc(COc4ccc(F)cc4Cl)o3)n2)cc1. The molecule has 0 radical (unpaired) electrons. The van der Waals surface area contributed by atoms with E-state index in [1.165, 1.54) is 23.8 Å². The Balaban J connectivity index is 1.37. The molecule has 2 aromatic heterocycles. The fraction of sp³-hybridized carbons (Fsp3) is 0.130. The molecule has 1 N–H and O–H groups in total. The molecule has 6 nitrogen and oxygen atoms in total. The van der Waals surface area contributed by atoms with E-state index in [0.29, 0.717) is 28.3 Å². The maximum atomic E-state index is 13.1. The van der Waals surface area contributed by atoms with E-state index in [-0.39, 0.29) is 17.4 Å². The lowest BCUT2D eigenvalue weighted by atomic mass is 10.1. The number of halogens is 3. The second-order valence-electron chi connectivity index (χ2n) is 7.09. The van der Waals surface area contributed by atoms with Crippen LogP contribution in [-0.4, -0.2) is 15.7 Å². The summed E-state index contributed by atoms with van der Waals surface area (Å²) in [5.41, 5.74) is 2.28. The van der Waals surface area contributed by atoms with Gasteiger partial charge in [0.25, 0.3) is 5.91 Å². The van der Waals surface area contributed by atoms with Gasteiger partial charge in [0.2, 0.25) is 0 Å². The molecule has 0 aliphatic heterocycles. The molecular weight excluding hydrogens is 501 g/mol. The first-order valence-electron chi connectivity index (χ1n) is 9.64. The van der Waals surface area contributed by atoms with E-state index < -0.39 is 11.7 Å². The number of nitrogens with one attached hydrogen (secondary N) is 1. The molecule has 2 heterocycles. The van der Waals surface area contributed by atoms with E-state index in [9.17, 15) is 9.18 Å². The van der Waals surface area contributed by atoms with Crippen LogP contribution in [0.25, 0.3) is 0 Å². The average molecular weight is 519 g/mol. The zero-order valence-corrected chi connectivity index (χ0v) is 19.3. The first kappa shape index (κ1) is 22.1. The summed E-state index contributed by atoms with van der Waals surface area (Å²) in [5, 5.41) is 7.30. The van der Waals surface area contributed by atoms with Crippen molar-refractivity contribution < 1.29 is 18.3 Å². The predicted molar refractivity (Wildman–Crippen MR) is 123 cm³/mol. The summed E-state index contributed by atoms with van der Waals surface area (Å²) in [6.07, 6.45) is 1.79. The number of hydrogen-bond acceptors (Lipinski definition) is 4. The van der Waals surface area contributed by atoms with Gasteiger partial charge >= 0.3 is 0 Å². The number of ether oxygens (including phenoxy) is 1. The Kier molecular flexibility index (Phi) is 6.62. The molecule has 1 amide bonds. The van der Waals surface area contributed by atoms with E-state index in [4.69, 9.17) is 20.8 Å². The first-order chi connectivity index (χ1) is 15.4. The number of nitrogens with zero attached hydrogens (tertiary/aromatic N) is 2. The van der Waals surface area contributed by atoms with Crippen molar-refractivity contribution in [3.63, 3.8) is 0 Å². The fourth-order valence-electron chi connectivity index (χ4n) is 2.93. The lowest BCUT2D eigenvalue weighted by molar-refractivity contribution is 0.0992. The molecule has 9 heteroatoms. The van der Waals surface area contributed by atoms with Crippen molar-refractivity contribution in [2.24, 2.45) is 0 Å². The largest absolute Gasteiger partial charge is 0.484 e. The highest BCUT2D eigenvalue weighted by Gasteiger charge is 2.16. The Morgan fingerprint density at radius 2 is 2.00 bits per heavy atom. The van der Waals surface area contributed by atoms with Gasteiger partial charge in [-0.1, -0.05) is 41.4 Å². The molecule has 0 saturated carbocycles. The third-order valence-corrected chi connectivity index (χ3v) is 5.44. The van der Waals surface area contributed by atoms with Gasteiger partial charge in [-0.05, 0) is 58.7 Å². The van der Waals surface area contributed by atoms with E-state index in [1.807, 2.05) is 31.2 Å². The third kappa shape index (κ3) is 5.38. The van der Waals surface area contributed by atoms with Gasteiger partial charge in [-0.3, -0.25) is 9.48 Å². The summed E-state index contributed by atoms with van der Waals surface area (Å²) in [6, 6.07) is 15.2. The number of rotatable bonds is 7. The number of hydrogen-bond donors (Lipinski definition) is 1. The summed E-state index contributed by atoms with van der Waals surface area (Å²) < 4.78 is 26.6. The molecular formula is C23H18BrClFN3O3. The Morgan fingerprint density at radius 1 is 1.22 bits per heavy atom. The van der Waals surface area contributed by atoms with Crippen molar-refractivity contribution in [3.05, 3.63) is 98.8 Å². The molecule has 0 bridgehead atoms. The van der Waals surface area contributed by atoms with Crippen LogP contribution in [0.3, 0.4) is 0 Å². The first-order valence-corrected chi connectivity index (χ1v) is 10.8. The summed E-state index contributed by atoms with van der Waals surface area (Å²) in [6.45, 7) is 2.64. The Hall–Kier alpha value is -3.10. The van der Waals surface area contributed by atoms with Crippen LogP contribution in [0.4, 0.5) is 10.2 Å². The second kappa shape index (κ2) is 9.58. The Labute approximate surface area is 197 Å². The van der Waals surface area contributed by atoms with Crippen LogP contribution >= 0.6 is 27.5 Å². The molecule has 0 aliphatic carbocycles. The zero-order chi connectivity index (χ0) is 22.7. The van der Waals surface area contributed by atoms with Crippen molar-refractivity contribution in [1.82, 2.24) is 9.78 Å². The number of amides is 1. The Bertz CT molecular complexity index is 1250. The number of carbonyl (C=O) groups excluding carboxylic acids is 1. The number of furan rings is 1. The van der Waals surface area contributed by atoms with Gasteiger partial charge in [0.05, 0.1) is 16.0 Å². The third-order valence-electron chi connectivity index (χ3n) is 4.56. The maximum Gasteiger partial charge on any atom is 0.292 e. The number of aryl methyl sites for hydroxylation is 1. The van der Waals surface area contributed by atoms with Crippen LogP contribution in [0.2, 0.25) is 5.02 Å². The van der Waals surface area contributed by atoms with Crippen LogP contribution in [0.15, 0.2) is 69.7 Å². The second-order valence-corrected chi connectivity index (χ2v) is 8.35. The average Bonchev–Trinajstić information content (AvgIpc) is 3.36. The highest BCUT2D eigenvalue weighted by molar-refractivity contribution is 9.10. The minimum atomic E-state index is -0.452. The van der Waals surface area contributed by atoms with Crippen LogP contribution in [0.5, 0.6) is 5.75 Å². The topological polar surface area (TPSA) is 69.3 Å². The molecule has 164 valence electrons.